The average Bonchev–Trinajstić information content (AvgIpc) is 3.55. The molecule has 3 rings (SSSR count). The van der Waals surface area contributed by atoms with E-state index in [4.69, 9.17) is 5.73 Å². The summed E-state index contributed by atoms with van der Waals surface area (Å²) in [4.78, 5) is 12.0. The van der Waals surface area contributed by atoms with Crippen LogP contribution >= 0.6 is 0 Å². The Bertz CT molecular complexity index is 1150. The number of primary amides is 1. The van der Waals surface area contributed by atoms with E-state index in [-0.39, 0.29) is 28.5 Å². The van der Waals surface area contributed by atoms with Gasteiger partial charge >= 0.3 is 12.4 Å². The Hall–Kier alpha value is -2.64. The van der Waals surface area contributed by atoms with Gasteiger partial charge in [-0.2, -0.15) is 26.3 Å². The van der Waals surface area contributed by atoms with Gasteiger partial charge in [-0.1, -0.05) is 42.5 Å². The lowest BCUT2D eigenvalue weighted by molar-refractivity contribution is -0.376. The largest absolute Gasteiger partial charge is 0.430 e. The highest BCUT2D eigenvalue weighted by atomic mass is 32.2. The Morgan fingerprint density at radius 2 is 1.53 bits per heavy atom. The van der Waals surface area contributed by atoms with Gasteiger partial charge in [0.2, 0.25) is 15.9 Å². The van der Waals surface area contributed by atoms with Crippen molar-refractivity contribution in [2.45, 2.75) is 41.6 Å². The van der Waals surface area contributed by atoms with Crippen molar-refractivity contribution in [3.05, 3.63) is 65.2 Å². The van der Waals surface area contributed by atoms with Crippen LogP contribution < -0.4 is 10.5 Å². The van der Waals surface area contributed by atoms with Crippen molar-refractivity contribution in [3.63, 3.8) is 0 Å². The summed E-state index contributed by atoms with van der Waals surface area (Å²) in [5, 5.41) is 9.54. The second-order valence-electron chi connectivity index (χ2n) is 8.00. The zero-order chi connectivity index (χ0) is 25.5. The van der Waals surface area contributed by atoms with E-state index in [1.165, 1.54) is 24.3 Å². The molecule has 6 nitrogen and oxygen atoms in total. The Balaban J connectivity index is 2.05. The number of amides is 1. The number of hydrogen-bond acceptors (Lipinski definition) is 4. The predicted molar refractivity (Wildman–Crippen MR) is 108 cm³/mol. The number of hydrogen-bond donors (Lipinski definition) is 3. The van der Waals surface area contributed by atoms with Crippen LogP contribution in [0.15, 0.2) is 53.4 Å². The lowest BCUT2D eigenvalue weighted by Crippen LogP contribution is -2.53. The molecule has 2 aromatic rings. The van der Waals surface area contributed by atoms with Crippen LogP contribution in [0.25, 0.3) is 0 Å². The first-order chi connectivity index (χ1) is 15.6. The third kappa shape index (κ3) is 4.91. The molecule has 34 heavy (non-hydrogen) atoms. The molecule has 4 N–H and O–H groups in total. The Labute approximate surface area is 190 Å². The predicted octanol–water partition coefficient (Wildman–Crippen LogP) is 3.30. The van der Waals surface area contributed by atoms with Crippen LogP contribution in [0.2, 0.25) is 0 Å². The van der Waals surface area contributed by atoms with Gasteiger partial charge in [0.25, 0.3) is 5.60 Å². The minimum atomic E-state index is -6.08. The summed E-state index contributed by atoms with van der Waals surface area (Å²) in [7, 11) is -4.10. The van der Waals surface area contributed by atoms with Crippen molar-refractivity contribution >= 4 is 15.9 Å². The number of sulfonamides is 1. The SMILES string of the molecule is NC(=O)C(c1ccc(C(O)(C(F)(F)F)C(F)(F)F)cc1)c1ccccc1S(=O)(=O)NCC1CC1. The highest BCUT2D eigenvalue weighted by molar-refractivity contribution is 7.89. The first-order valence-electron chi connectivity index (χ1n) is 9.93. The highest BCUT2D eigenvalue weighted by Crippen LogP contribution is 2.50. The van der Waals surface area contributed by atoms with Crippen molar-refractivity contribution in [1.82, 2.24) is 4.72 Å². The van der Waals surface area contributed by atoms with Gasteiger partial charge in [0.05, 0.1) is 10.8 Å². The molecule has 0 radical (unpaired) electrons. The van der Waals surface area contributed by atoms with Gasteiger partial charge in [0, 0.05) is 12.1 Å². The molecule has 1 amide bonds. The summed E-state index contributed by atoms with van der Waals surface area (Å²) < 4.78 is 107. The third-order valence-corrected chi connectivity index (χ3v) is 7.04. The summed E-state index contributed by atoms with van der Waals surface area (Å²) in [5.74, 6) is -2.39. The molecule has 0 saturated heterocycles. The fourth-order valence-corrected chi connectivity index (χ4v) is 4.86. The summed E-state index contributed by atoms with van der Waals surface area (Å²) >= 11 is 0. The number of carbonyl (C=O) groups is 1. The van der Waals surface area contributed by atoms with Crippen molar-refractivity contribution in [2.24, 2.45) is 11.7 Å². The van der Waals surface area contributed by atoms with E-state index in [9.17, 15) is 44.7 Å². The standard InChI is InChI=1S/C21H20F6N2O4S/c22-20(23,24)19(31,21(25,26)27)14-9-7-13(8-10-14)17(18(28)30)15-3-1-2-4-16(15)34(32,33)29-11-12-5-6-12/h1-4,7-10,12,17,29,31H,5-6,11H2,(H2,28,30). The van der Waals surface area contributed by atoms with Crippen LogP contribution in [0.3, 0.4) is 0 Å². The van der Waals surface area contributed by atoms with Crippen LogP contribution in [-0.4, -0.2) is 38.3 Å². The van der Waals surface area contributed by atoms with Crippen LogP contribution in [0.5, 0.6) is 0 Å². The van der Waals surface area contributed by atoms with E-state index in [0.717, 1.165) is 25.0 Å². The van der Waals surface area contributed by atoms with E-state index in [0.29, 0.717) is 12.1 Å². The van der Waals surface area contributed by atoms with Crippen molar-refractivity contribution in [1.29, 1.82) is 0 Å². The van der Waals surface area contributed by atoms with E-state index in [1.54, 1.807) is 0 Å². The van der Waals surface area contributed by atoms with Gasteiger partial charge in [-0.15, -0.1) is 0 Å². The first-order valence-corrected chi connectivity index (χ1v) is 11.4. The molecule has 13 heteroatoms. The molecule has 0 heterocycles. The number of halogens is 6. The number of aliphatic hydroxyl groups is 1. The highest BCUT2D eigenvalue weighted by Gasteiger charge is 2.71. The van der Waals surface area contributed by atoms with Gasteiger partial charge in [0.15, 0.2) is 0 Å². The van der Waals surface area contributed by atoms with Gasteiger partial charge in [-0.3, -0.25) is 4.79 Å². The molecule has 1 aliphatic rings. The topological polar surface area (TPSA) is 109 Å². The van der Waals surface area contributed by atoms with Crippen LogP contribution in [0.4, 0.5) is 26.3 Å². The second kappa shape index (κ2) is 8.86. The molecule has 0 bridgehead atoms. The number of nitrogens with one attached hydrogen (secondary N) is 1. The van der Waals surface area contributed by atoms with Crippen molar-refractivity contribution in [2.75, 3.05) is 6.54 Å². The lowest BCUT2D eigenvalue weighted by Gasteiger charge is -2.32. The van der Waals surface area contributed by atoms with Crippen LogP contribution in [0, 0.1) is 5.92 Å². The van der Waals surface area contributed by atoms with Gasteiger partial charge in [0.1, 0.15) is 0 Å². The molecule has 1 unspecified atom stereocenters. The van der Waals surface area contributed by atoms with E-state index < -0.39 is 45.4 Å². The molecule has 2 aromatic carbocycles. The lowest BCUT2D eigenvalue weighted by atomic mass is 9.87. The average molecular weight is 510 g/mol. The van der Waals surface area contributed by atoms with Crippen LogP contribution in [-0.2, 0) is 20.4 Å². The molecule has 0 aromatic heterocycles. The smallest absolute Gasteiger partial charge is 0.369 e. The van der Waals surface area contributed by atoms with E-state index in [1.807, 2.05) is 0 Å². The third-order valence-electron chi connectivity index (χ3n) is 5.55. The summed E-state index contributed by atoms with van der Waals surface area (Å²) in [6.45, 7) is 0.181. The number of alkyl halides is 6. The van der Waals surface area contributed by atoms with Gasteiger partial charge < -0.3 is 10.8 Å². The summed E-state index contributed by atoms with van der Waals surface area (Å²) in [6.07, 6.45) is -10.4. The van der Waals surface area contributed by atoms with E-state index in [2.05, 4.69) is 4.72 Å². The molecular weight excluding hydrogens is 490 g/mol. The monoisotopic (exact) mass is 510 g/mol. The Morgan fingerprint density at radius 1 is 1.00 bits per heavy atom. The van der Waals surface area contributed by atoms with Gasteiger partial charge in [-0.05, 0) is 36.0 Å². The van der Waals surface area contributed by atoms with Crippen molar-refractivity contribution in [3.8, 4) is 0 Å². The maximum absolute atomic E-state index is 13.1. The molecule has 1 saturated carbocycles. The number of benzene rings is 2. The van der Waals surface area contributed by atoms with Gasteiger partial charge in [-0.25, -0.2) is 13.1 Å². The summed E-state index contributed by atoms with van der Waals surface area (Å²) in [6, 6.07) is 7.54. The van der Waals surface area contributed by atoms with Crippen molar-refractivity contribution < 1.29 is 44.7 Å². The van der Waals surface area contributed by atoms with Crippen LogP contribution in [0.1, 0.15) is 35.4 Å². The molecule has 1 aliphatic carbocycles. The molecule has 1 atom stereocenters. The number of nitrogens with two attached hydrogens (primary N) is 1. The molecule has 186 valence electrons. The fourth-order valence-electron chi connectivity index (χ4n) is 3.49. The zero-order valence-corrected chi connectivity index (χ0v) is 18.1. The normalized spacial score (nSPS) is 16.3. The summed E-state index contributed by atoms with van der Waals surface area (Å²) in [5.41, 5.74) is -1.49. The minimum absolute atomic E-state index is 0.104. The quantitative estimate of drug-likeness (QED) is 0.474. The molecule has 1 fully saturated rings. The maximum Gasteiger partial charge on any atom is 0.430 e. The fraction of sp³-hybridized carbons (Fsp3) is 0.381. The Morgan fingerprint density at radius 3 is 2.00 bits per heavy atom. The number of rotatable bonds is 8. The molecular formula is C21H20F6N2O4S. The zero-order valence-electron chi connectivity index (χ0n) is 17.3. The first kappa shape index (κ1) is 26.0. The molecule has 0 aliphatic heterocycles. The van der Waals surface area contributed by atoms with E-state index >= 15 is 0 Å². The molecule has 0 spiro atoms. The minimum Gasteiger partial charge on any atom is -0.369 e. The number of carbonyl (C=O) groups excluding carboxylic acids is 1. The maximum atomic E-state index is 13.1. The Kier molecular flexibility index (Phi) is 6.77. The second-order valence-corrected chi connectivity index (χ2v) is 9.73.